The van der Waals surface area contributed by atoms with Crippen LogP contribution in [-0.4, -0.2) is 10.9 Å². The van der Waals surface area contributed by atoms with Crippen molar-refractivity contribution in [1.82, 2.24) is 4.98 Å². The number of nitrogens with two attached hydrogens (primary N) is 2. The summed E-state index contributed by atoms with van der Waals surface area (Å²) in [5.41, 5.74) is 12.7. The monoisotopic (exact) mass is 262 g/mol. The van der Waals surface area contributed by atoms with E-state index in [9.17, 15) is 4.79 Å². The molecule has 0 unspecified atom stereocenters. The van der Waals surface area contributed by atoms with Crippen molar-refractivity contribution < 1.29 is 4.79 Å². The van der Waals surface area contributed by atoms with E-state index in [2.05, 4.69) is 10.3 Å². The number of aryl methyl sites for hydroxylation is 1. The average Bonchev–Trinajstić information content (AvgIpc) is 2.72. The number of nitrogen functional groups attached to an aromatic ring is 1. The van der Waals surface area contributed by atoms with E-state index >= 15 is 0 Å². The molecule has 0 saturated heterocycles. The molecule has 1 heterocycles. The Morgan fingerprint density at radius 1 is 1.50 bits per heavy atom. The summed E-state index contributed by atoms with van der Waals surface area (Å²) in [4.78, 5) is 16.5. The van der Waals surface area contributed by atoms with E-state index in [0.29, 0.717) is 23.5 Å². The van der Waals surface area contributed by atoms with Gasteiger partial charge in [-0.2, -0.15) is 0 Å². The number of carbonyl (C=O) groups is 1. The molecule has 0 aliphatic heterocycles. The topological polar surface area (TPSA) is 94.0 Å². The van der Waals surface area contributed by atoms with Crippen LogP contribution in [0.5, 0.6) is 0 Å². The molecule has 0 aliphatic rings. The number of primary amides is 1. The quantitative estimate of drug-likeness (QED) is 0.731. The molecule has 0 spiro atoms. The summed E-state index contributed by atoms with van der Waals surface area (Å²) < 4.78 is 0. The Bertz CT molecular complexity index is 579. The maximum Gasteiger partial charge on any atom is 0.250 e. The summed E-state index contributed by atoms with van der Waals surface area (Å²) in [5.74, 6) is -0.474. The highest BCUT2D eigenvalue weighted by Crippen LogP contribution is 2.21. The van der Waals surface area contributed by atoms with Gasteiger partial charge in [-0.3, -0.25) is 4.79 Å². The van der Waals surface area contributed by atoms with Gasteiger partial charge in [-0.1, -0.05) is 0 Å². The van der Waals surface area contributed by atoms with Crippen LogP contribution in [0.4, 0.5) is 11.4 Å². The van der Waals surface area contributed by atoms with Gasteiger partial charge in [0, 0.05) is 22.4 Å². The van der Waals surface area contributed by atoms with Crippen molar-refractivity contribution >= 4 is 28.6 Å². The third kappa shape index (κ3) is 2.78. The highest BCUT2D eigenvalue weighted by atomic mass is 32.1. The molecule has 1 aromatic heterocycles. The fourth-order valence-electron chi connectivity index (χ4n) is 1.59. The molecule has 0 radical (unpaired) electrons. The number of aromatic nitrogens is 1. The molecule has 0 saturated carbocycles. The molecule has 0 bridgehead atoms. The summed E-state index contributed by atoms with van der Waals surface area (Å²) in [6.45, 7) is 2.54. The van der Waals surface area contributed by atoms with Crippen molar-refractivity contribution in [3.05, 3.63) is 39.8 Å². The molecule has 94 valence electrons. The van der Waals surface area contributed by atoms with E-state index < -0.39 is 5.91 Å². The second kappa shape index (κ2) is 5.05. The summed E-state index contributed by atoms with van der Waals surface area (Å²) in [5, 5.41) is 4.16. The second-order valence-corrected chi connectivity index (χ2v) is 5.19. The van der Waals surface area contributed by atoms with Crippen molar-refractivity contribution in [1.29, 1.82) is 0 Å². The zero-order valence-corrected chi connectivity index (χ0v) is 10.8. The Labute approximate surface area is 109 Å². The fourth-order valence-corrected chi connectivity index (χ4v) is 2.33. The van der Waals surface area contributed by atoms with Gasteiger partial charge in [0.1, 0.15) is 0 Å². The number of nitrogens with zero attached hydrogens (tertiary/aromatic N) is 1. The SMILES string of the molecule is Cc1ncc(CNc2cc(N)ccc2C(N)=O)s1. The number of hydrogen-bond acceptors (Lipinski definition) is 5. The van der Waals surface area contributed by atoms with Gasteiger partial charge >= 0.3 is 0 Å². The number of thiazole rings is 1. The number of nitrogens with one attached hydrogen (secondary N) is 1. The molecule has 0 fully saturated rings. The van der Waals surface area contributed by atoms with Crippen LogP contribution in [-0.2, 0) is 6.54 Å². The Kier molecular flexibility index (Phi) is 3.47. The normalized spacial score (nSPS) is 10.3. The Hall–Kier alpha value is -2.08. The minimum Gasteiger partial charge on any atom is -0.399 e. The second-order valence-electron chi connectivity index (χ2n) is 3.87. The van der Waals surface area contributed by atoms with Gasteiger partial charge in [-0.15, -0.1) is 11.3 Å². The van der Waals surface area contributed by atoms with Gasteiger partial charge in [0.15, 0.2) is 0 Å². The lowest BCUT2D eigenvalue weighted by atomic mass is 10.1. The van der Waals surface area contributed by atoms with Gasteiger partial charge in [0.05, 0.1) is 17.1 Å². The molecule has 18 heavy (non-hydrogen) atoms. The van der Waals surface area contributed by atoms with Gasteiger partial charge < -0.3 is 16.8 Å². The smallest absolute Gasteiger partial charge is 0.250 e. The average molecular weight is 262 g/mol. The van der Waals surface area contributed by atoms with E-state index in [-0.39, 0.29) is 0 Å². The first-order valence-electron chi connectivity index (χ1n) is 5.41. The fraction of sp³-hybridized carbons (Fsp3) is 0.167. The van der Waals surface area contributed by atoms with E-state index in [1.54, 1.807) is 29.5 Å². The predicted molar refractivity (Wildman–Crippen MR) is 73.6 cm³/mol. The molecule has 1 amide bonds. The lowest BCUT2D eigenvalue weighted by molar-refractivity contribution is 0.100. The molecule has 0 atom stereocenters. The van der Waals surface area contributed by atoms with Crippen LogP contribution < -0.4 is 16.8 Å². The van der Waals surface area contributed by atoms with Crippen LogP contribution in [0.15, 0.2) is 24.4 Å². The van der Waals surface area contributed by atoms with Gasteiger partial charge in [0.2, 0.25) is 0 Å². The molecule has 5 N–H and O–H groups in total. The highest BCUT2D eigenvalue weighted by Gasteiger charge is 2.08. The minimum absolute atomic E-state index is 0.436. The summed E-state index contributed by atoms with van der Waals surface area (Å²) in [6, 6.07) is 4.98. The molecule has 2 aromatic rings. The van der Waals surface area contributed by atoms with Crippen LogP contribution in [0, 0.1) is 6.92 Å². The van der Waals surface area contributed by atoms with Crippen LogP contribution in [0.2, 0.25) is 0 Å². The maximum atomic E-state index is 11.3. The first kappa shape index (κ1) is 12.4. The molecular weight excluding hydrogens is 248 g/mol. The Morgan fingerprint density at radius 2 is 2.28 bits per heavy atom. The van der Waals surface area contributed by atoms with Crippen LogP contribution in [0.25, 0.3) is 0 Å². The zero-order chi connectivity index (χ0) is 13.1. The molecule has 2 rings (SSSR count). The first-order valence-corrected chi connectivity index (χ1v) is 6.22. The number of carbonyl (C=O) groups excluding carboxylic acids is 1. The number of anilines is 2. The molecule has 0 aliphatic carbocycles. The molecule has 1 aromatic carbocycles. The lowest BCUT2D eigenvalue weighted by Gasteiger charge is -2.09. The van der Waals surface area contributed by atoms with E-state index in [4.69, 9.17) is 11.5 Å². The zero-order valence-electron chi connectivity index (χ0n) is 9.93. The minimum atomic E-state index is -0.474. The molecular formula is C12H14N4OS. The van der Waals surface area contributed by atoms with E-state index in [1.807, 2.05) is 13.1 Å². The van der Waals surface area contributed by atoms with E-state index in [1.165, 1.54) is 0 Å². The van der Waals surface area contributed by atoms with Crippen molar-refractivity contribution in [2.45, 2.75) is 13.5 Å². The first-order chi connectivity index (χ1) is 8.56. The van der Waals surface area contributed by atoms with Gasteiger partial charge in [0.25, 0.3) is 5.91 Å². The van der Waals surface area contributed by atoms with Gasteiger partial charge in [-0.25, -0.2) is 4.98 Å². The third-order valence-corrected chi connectivity index (χ3v) is 3.34. The van der Waals surface area contributed by atoms with Crippen LogP contribution in [0.1, 0.15) is 20.2 Å². The summed E-state index contributed by atoms with van der Waals surface area (Å²) in [6.07, 6.45) is 1.81. The van der Waals surface area contributed by atoms with Crippen LogP contribution >= 0.6 is 11.3 Å². The number of rotatable bonds is 4. The lowest BCUT2D eigenvalue weighted by Crippen LogP contribution is -2.14. The summed E-state index contributed by atoms with van der Waals surface area (Å²) >= 11 is 1.60. The molecule has 5 nitrogen and oxygen atoms in total. The van der Waals surface area contributed by atoms with Crippen molar-refractivity contribution in [2.24, 2.45) is 5.73 Å². The Balaban J connectivity index is 2.17. The number of hydrogen-bond donors (Lipinski definition) is 3. The van der Waals surface area contributed by atoms with Crippen LogP contribution in [0.3, 0.4) is 0 Å². The molecule has 6 heteroatoms. The number of benzene rings is 1. The largest absolute Gasteiger partial charge is 0.399 e. The summed E-state index contributed by atoms with van der Waals surface area (Å²) in [7, 11) is 0. The Morgan fingerprint density at radius 3 is 2.89 bits per heavy atom. The van der Waals surface area contributed by atoms with E-state index in [0.717, 1.165) is 9.88 Å². The van der Waals surface area contributed by atoms with Crippen molar-refractivity contribution in [3.8, 4) is 0 Å². The maximum absolute atomic E-state index is 11.3. The van der Waals surface area contributed by atoms with Crippen molar-refractivity contribution in [2.75, 3.05) is 11.1 Å². The van der Waals surface area contributed by atoms with Crippen molar-refractivity contribution in [3.63, 3.8) is 0 Å². The third-order valence-electron chi connectivity index (χ3n) is 2.43. The number of amides is 1. The van der Waals surface area contributed by atoms with Gasteiger partial charge in [-0.05, 0) is 25.1 Å². The highest BCUT2D eigenvalue weighted by molar-refractivity contribution is 7.11. The standard InChI is InChI=1S/C12H14N4OS/c1-7-15-5-9(18-7)6-16-11-4-8(13)2-3-10(11)12(14)17/h2-5,16H,6,13H2,1H3,(H2,14,17). The predicted octanol–water partition coefficient (Wildman–Crippen LogP) is 1.74.